The van der Waals surface area contributed by atoms with E-state index < -0.39 is 0 Å². The van der Waals surface area contributed by atoms with E-state index in [0.717, 1.165) is 31.4 Å². The molecule has 0 aliphatic carbocycles. The first-order chi connectivity index (χ1) is 10.7. The number of carbonyl (C=O) groups excluding carboxylic acids is 1. The Morgan fingerprint density at radius 3 is 3.14 bits per heavy atom. The van der Waals surface area contributed by atoms with Crippen molar-refractivity contribution in [2.45, 2.75) is 31.8 Å². The zero-order chi connectivity index (χ0) is 15.4. The number of hydrogen-bond acceptors (Lipinski definition) is 5. The Hall–Kier alpha value is -1.92. The van der Waals surface area contributed by atoms with Crippen LogP contribution < -0.4 is 10.6 Å². The van der Waals surface area contributed by atoms with Crippen molar-refractivity contribution in [2.24, 2.45) is 0 Å². The van der Waals surface area contributed by atoms with Crippen molar-refractivity contribution < 1.29 is 9.32 Å². The Morgan fingerprint density at radius 1 is 1.45 bits per heavy atom. The Kier molecular flexibility index (Phi) is 4.70. The van der Waals surface area contributed by atoms with Crippen molar-refractivity contribution in [1.29, 1.82) is 0 Å². The molecule has 1 atom stereocenters. The van der Waals surface area contributed by atoms with Crippen LogP contribution in [0.4, 0.5) is 0 Å². The molecule has 116 valence electrons. The van der Waals surface area contributed by atoms with Gasteiger partial charge in [-0.2, -0.15) is 4.98 Å². The first-order valence-electron chi connectivity index (χ1n) is 7.32. The monoisotopic (exact) mass is 320 g/mol. The van der Waals surface area contributed by atoms with E-state index in [-0.39, 0.29) is 18.5 Å². The van der Waals surface area contributed by atoms with Gasteiger partial charge in [-0.15, -0.1) is 0 Å². The van der Waals surface area contributed by atoms with Crippen molar-refractivity contribution in [3.05, 3.63) is 35.2 Å². The Morgan fingerprint density at radius 2 is 2.36 bits per heavy atom. The Balaban J connectivity index is 1.59. The highest BCUT2D eigenvalue weighted by molar-refractivity contribution is 6.30. The fraction of sp³-hybridized carbons (Fsp3) is 0.400. The molecule has 6 nitrogen and oxygen atoms in total. The van der Waals surface area contributed by atoms with E-state index in [1.54, 1.807) is 12.1 Å². The molecule has 22 heavy (non-hydrogen) atoms. The average Bonchev–Trinajstić information content (AvgIpc) is 3.02. The number of rotatable bonds is 4. The molecule has 1 aromatic carbocycles. The molecular formula is C15H17ClN4O2. The van der Waals surface area contributed by atoms with Crippen LogP contribution in [0, 0.1) is 0 Å². The van der Waals surface area contributed by atoms with E-state index in [0.29, 0.717) is 16.7 Å². The van der Waals surface area contributed by atoms with Crippen LogP contribution in [0.15, 0.2) is 28.8 Å². The lowest BCUT2D eigenvalue weighted by atomic mass is 10.0. The highest BCUT2D eigenvalue weighted by atomic mass is 35.5. The van der Waals surface area contributed by atoms with Crippen molar-refractivity contribution in [2.75, 3.05) is 6.54 Å². The molecule has 1 unspecified atom stereocenters. The predicted octanol–water partition coefficient (Wildman–Crippen LogP) is 2.15. The van der Waals surface area contributed by atoms with E-state index in [2.05, 4.69) is 20.8 Å². The maximum Gasteiger partial charge on any atom is 0.246 e. The summed E-state index contributed by atoms with van der Waals surface area (Å²) in [5, 5.41) is 10.5. The smallest absolute Gasteiger partial charge is 0.246 e. The summed E-state index contributed by atoms with van der Waals surface area (Å²) in [5.41, 5.74) is 0.780. The molecule has 2 N–H and O–H groups in total. The van der Waals surface area contributed by atoms with Crippen LogP contribution in [0.5, 0.6) is 0 Å². The number of amides is 1. The summed E-state index contributed by atoms with van der Waals surface area (Å²) in [6.45, 7) is 1.11. The number of carbonyl (C=O) groups is 1. The van der Waals surface area contributed by atoms with Crippen molar-refractivity contribution >= 4 is 17.5 Å². The first-order valence-corrected chi connectivity index (χ1v) is 7.70. The molecule has 3 rings (SSSR count). The summed E-state index contributed by atoms with van der Waals surface area (Å²) in [4.78, 5) is 16.3. The number of aromatic nitrogens is 2. The number of nitrogens with zero attached hydrogens (tertiary/aromatic N) is 2. The molecule has 0 radical (unpaired) electrons. The molecule has 1 aliphatic rings. The minimum Gasteiger partial charge on any atom is -0.346 e. The summed E-state index contributed by atoms with van der Waals surface area (Å²) in [7, 11) is 0. The minimum atomic E-state index is -0.121. The SMILES string of the molecule is O=C(NCc1nc(-c2cccc(Cl)c2)no1)C1CCCCN1. The highest BCUT2D eigenvalue weighted by Crippen LogP contribution is 2.19. The van der Waals surface area contributed by atoms with Gasteiger partial charge in [-0.1, -0.05) is 35.3 Å². The van der Waals surface area contributed by atoms with Crippen LogP contribution >= 0.6 is 11.6 Å². The molecule has 1 saturated heterocycles. The van der Waals surface area contributed by atoms with Gasteiger partial charge in [-0.25, -0.2) is 0 Å². The second kappa shape index (κ2) is 6.89. The number of nitrogens with one attached hydrogen (secondary N) is 2. The molecule has 0 saturated carbocycles. The first kappa shape index (κ1) is 15.0. The third-order valence-corrected chi connectivity index (χ3v) is 3.83. The average molecular weight is 321 g/mol. The minimum absolute atomic E-state index is 0.0257. The maximum atomic E-state index is 12.0. The van der Waals surface area contributed by atoms with E-state index >= 15 is 0 Å². The third-order valence-electron chi connectivity index (χ3n) is 3.59. The summed E-state index contributed by atoms with van der Waals surface area (Å²) >= 11 is 5.94. The maximum absolute atomic E-state index is 12.0. The van der Waals surface area contributed by atoms with Crippen molar-refractivity contribution in [3.63, 3.8) is 0 Å². The largest absolute Gasteiger partial charge is 0.346 e. The Bertz CT molecular complexity index is 652. The standard InChI is InChI=1S/C15H17ClN4O2/c16-11-5-3-4-10(8-11)14-19-13(22-20-14)9-18-15(21)12-6-1-2-7-17-12/h3-5,8,12,17H,1-2,6-7,9H2,(H,18,21). The fourth-order valence-corrected chi connectivity index (χ4v) is 2.62. The third kappa shape index (κ3) is 3.64. The van der Waals surface area contributed by atoms with Crippen LogP contribution in [-0.4, -0.2) is 28.6 Å². The molecular weight excluding hydrogens is 304 g/mol. The van der Waals surface area contributed by atoms with Gasteiger partial charge in [0, 0.05) is 10.6 Å². The van der Waals surface area contributed by atoms with Gasteiger partial charge in [0.15, 0.2) is 0 Å². The van der Waals surface area contributed by atoms with Crippen molar-refractivity contribution in [3.8, 4) is 11.4 Å². The van der Waals surface area contributed by atoms with Gasteiger partial charge in [0.25, 0.3) is 0 Å². The topological polar surface area (TPSA) is 80.1 Å². The number of halogens is 1. The molecule has 2 aromatic rings. The van der Waals surface area contributed by atoms with Gasteiger partial charge in [-0.3, -0.25) is 4.79 Å². The summed E-state index contributed by atoms with van der Waals surface area (Å²) in [6, 6.07) is 7.10. The zero-order valence-electron chi connectivity index (χ0n) is 12.0. The van der Waals surface area contributed by atoms with E-state index in [9.17, 15) is 4.79 Å². The Labute approximate surface area is 133 Å². The molecule has 2 heterocycles. The molecule has 1 aromatic heterocycles. The number of piperidine rings is 1. The van der Waals surface area contributed by atoms with Gasteiger partial charge in [0.2, 0.25) is 17.6 Å². The van der Waals surface area contributed by atoms with Gasteiger partial charge in [0.05, 0.1) is 12.6 Å². The molecule has 0 spiro atoms. The number of benzene rings is 1. The van der Waals surface area contributed by atoms with Gasteiger partial charge in [0.1, 0.15) is 0 Å². The molecule has 1 fully saturated rings. The predicted molar refractivity (Wildman–Crippen MR) is 82.2 cm³/mol. The second-order valence-electron chi connectivity index (χ2n) is 5.24. The second-order valence-corrected chi connectivity index (χ2v) is 5.68. The van der Waals surface area contributed by atoms with Crippen molar-refractivity contribution in [1.82, 2.24) is 20.8 Å². The molecule has 1 amide bonds. The molecule has 0 bridgehead atoms. The summed E-state index contributed by atoms with van der Waals surface area (Å²) < 4.78 is 5.16. The van der Waals surface area contributed by atoms with E-state index in [1.807, 2.05) is 12.1 Å². The zero-order valence-corrected chi connectivity index (χ0v) is 12.8. The van der Waals surface area contributed by atoms with Crippen LogP contribution in [-0.2, 0) is 11.3 Å². The van der Waals surface area contributed by atoms with Gasteiger partial charge in [-0.05, 0) is 31.5 Å². The van der Waals surface area contributed by atoms with Gasteiger partial charge >= 0.3 is 0 Å². The highest BCUT2D eigenvalue weighted by Gasteiger charge is 2.20. The lowest BCUT2D eigenvalue weighted by molar-refractivity contribution is -0.123. The summed E-state index contributed by atoms with van der Waals surface area (Å²) in [6.07, 6.45) is 3.06. The molecule has 7 heteroatoms. The van der Waals surface area contributed by atoms with E-state index in [1.165, 1.54) is 0 Å². The number of hydrogen-bond donors (Lipinski definition) is 2. The van der Waals surface area contributed by atoms with Crippen LogP contribution in [0.1, 0.15) is 25.2 Å². The quantitative estimate of drug-likeness (QED) is 0.902. The van der Waals surface area contributed by atoms with Crippen LogP contribution in [0.25, 0.3) is 11.4 Å². The lowest BCUT2D eigenvalue weighted by Gasteiger charge is -2.22. The van der Waals surface area contributed by atoms with Crippen LogP contribution in [0.3, 0.4) is 0 Å². The van der Waals surface area contributed by atoms with Crippen LogP contribution in [0.2, 0.25) is 5.02 Å². The fourth-order valence-electron chi connectivity index (χ4n) is 2.43. The summed E-state index contributed by atoms with van der Waals surface area (Å²) in [5.74, 6) is 0.809. The van der Waals surface area contributed by atoms with E-state index in [4.69, 9.17) is 16.1 Å². The van der Waals surface area contributed by atoms with Gasteiger partial charge < -0.3 is 15.2 Å². The lowest BCUT2D eigenvalue weighted by Crippen LogP contribution is -2.46. The normalized spacial score (nSPS) is 18.1. The molecule has 1 aliphatic heterocycles.